The van der Waals surface area contributed by atoms with Gasteiger partial charge in [-0.2, -0.15) is 0 Å². The minimum atomic E-state index is 0.627. The van der Waals surface area contributed by atoms with Crippen LogP contribution in [0.5, 0.6) is 0 Å². The van der Waals surface area contributed by atoms with E-state index in [9.17, 15) is 0 Å². The molecule has 52 heavy (non-hydrogen) atoms. The maximum absolute atomic E-state index is 6.58. The van der Waals surface area contributed by atoms with E-state index in [-0.39, 0.29) is 0 Å². The van der Waals surface area contributed by atoms with E-state index in [4.69, 9.17) is 19.4 Å². The summed E-state index contributed by atoms with van der Waals surface area (Å²) in [4.78, 5) is 14.8. The van der Waals surface area contributed by atoms with Gasteiger partial charge in [-0.15, -0.1) is 0 Å². The summed E-state index contributed by atoms with van der Waals surface area (Å²) in [6.45, 7) is 0. The highest BCUT2D eigenvalue weighted by molar-refractivity contribution is 6.32. The summed E-state index contributed by atoms with van der Waals surface area (Å²) in [7, 11) is 0. The Hall–Kier alpha value is -7.11. The first-order valence-electron chi connectivity index (χ1n) is 17.5. The van der Waals surface area contributed by atoms with Gasteiger partial charge in [0.15, 0.2) is 17.5 Å². The van der Waals surface area contributed by atoms with E-state index in [2.05, 4.69) is 114 Å². The molecular formula is C47H28N4O. The molecule has 0 aliphatic rings. The molecule has 5 heteroatoms. The molecule has 5 nitrogen and oxygen atoms in total. The fourth-order valence-corrected chi connectivity index (χ4v) is 7.86. The standard InChI is InChI=1S/C47H28N4O/c1-3-13-31(14-4-1)45-48-46(32-15-5-2-6-16-32)50-47(49-45)33-19-23-34(24-20-33)51-38-26-21-29-11-7-9-17-35(29)41(38)37-25-28-40-43(44(37)51)42-36-18-10-8-12-30(36)22-27-39(42)52-40/h1-28H. The lowest BCUT2D eigenvalue weighted by atomic mass is 10.0. The van der Waals surface area contributed by atoms with Gasteiger partial charge >= 0.3 is 0 Å². The molecule has 0 saturated heterocycles. The van der Waals surface area contributed by atoms with Crippen LogP contribution in [0.25, 0.3) is 105 Å². The Balaban J connectivity index is 1.18. The maximum Gasteiger partial charge on any atom is 0.164 e. The average molecular weight is 665 g/mol. The van der Waals surface area contributed by atoms with E-state index in [0.29, 0.717) is 17.5 Å². The van der Waals surface area contributed by atoms with Gasteiger partial charge in [0.05, 0.1) is 16.4 Å². The molecule has 0 fully saturated rings. The zero-order valence-electron chi connectivity index (χ0n) is 27.9. The minimum Gasteiger partial charge on any atom is -0.456 e. The fraction of sp³-hybridized carbons (Fsp3) is 0. The Kier molecular flexibility index (Phi) is 6.18. The van der Waals surface area contributed by atoms with Crippen molar-refractivity contribution in [2.24, 2.45) is 0 Å². The number of hydrogen-bond donors (Lipinski definition) is 0. The summed E-state index contributed by atoms with van der Waals surface area (Å²) in [6, 6.07) is 59.1. The number of fused-ring (bicyclic) bond motifs is 11. The van der Waals surface area contributed by atoms with Gasteiger partial charge in [0.25, 0.3) is 0 Å². The molecule has 0 atom stereocenters. The first-order valence-corrected chi connectivity index (χ1v) is 17.5. The summed E-state index contributed by atoms with van der Waals surface area (Å²) in [6.07, 6.45) is 0. The number of benzene rings is 8. The zero-order chi connectivity index (χ0) is 34.2. The predicted molar refractivity (Wildman–Crippen MR) is 213 cm³/mol. The van der Waals surface area contributed by atoms with Gasteiger partial charge in [-0.1, -0.05) is 121 Å². The molecule has 3 aromatic heterocycles. The fourth-order valence-electron chi connectivity index (χ4n) is 7.86. The summed E-state index contributed by atoms with van der Waals surface area (Å²) < 4.78 is 8.98. The van der Waals surface area contributed by atoms with Gasteiger partial charge in [-0.3, -0.25) is 0 Å². The highest BCUT2D eigenvalue weighted by atomic mass is 16.3. The van der Waals surface area contributed by atoms with Crippen molar-refractivity contribution < 1.29 is 4.42 Å². The summed E-state index contributed by atoms with van der Waals surface area (Å²) in [5.41, 5.74) is 7.87. The van der Waals surface area contributed by atoms with Gasteiger partial charge in [-0.25, -0.2) is 15.0 Å². The maximum atomic E-state index is 6.58. The van der Waals surface area contributed by atoms with E-state index < -0.39 is 0 Å². The van der Waals surface area contributed by atoms with Crippen LogP contribution in [0, 0.1) is 0 Å². The van der Waals surface area contributed by atoms with Crippen LogP contribution in [0.2, 0.25) is 0 Å². The zero-order valence-corrected chi connectivity index (χ0v) is 27.9. The van der Waals surface area contributed by atoms with Crippen molar-refractivity contribution in [3.63, 3.8) is 0 Å². The molecule has 11 rings (SSSR count). The molecule has 0 bridgehead atoms. The van der Waals surface area contributed by atoms with Gasteiger partial charge in [-0.05, 0) is 70.1 Å². The molecule has 0 unspecified atom stereocenters. The molecule has 0 aliphatic carbocycles. The van der Waals surface area contributed by atoms with E-state index in [1.165, 1.54) is 32.3 Å². The van der Waals surface area contributed by atoms with Gasteiger partial charge in [0, 0.05) is 38.5 Å². The Morgan fingerprint density at radius 2 is 0.865 bits per heavy atom. The molecule has 8 aromatic carbocycles. The van der Waals surface area contributed by atoms with Crippen molar-refractivity contribution in [2.45, 2.75) is 0 Å². The number of hydrogen-bond acceptors (Lipinski definition) is 4. The van der Waals surface area contributed by atoms with Crippen LogP contribution in [-0.4, -0.2) is 19.5 Å². The van der Waals surface area contributed by atoms with Crippen LogP contribution in [0.1, 0.15) is 0 Å². The number of aromatic nitrogens is 4. The van der Waals surface area contributed by atoms with Crippen molar-refractivity contribution in [3.05, 3.63) is 170 Å². The third-order valence-electron chi connectivity index (χ3n) is 10.2. The van der Waals surface area contributed by atoms with E-state index in [1.54, 1.807) is 0 Å². The molecular weight excluding hydrogens is 637 g/mol. The molecule has 11 aromatic rings. The third kappa shape index (κ3) is 4.33. The Morgan fingerprint density at radius 3 is 1.50 bits per heavy atom. The molecule has 242 valence electrons. The second-order valence-electron chi connectivity index (χ2n) is 13.2. The Bertz CT molecular complexity index is 3100. The lowest BCUT2D eigenvalue weighted by Gasteiger charge is -2.11. The molecule has 0 N–H and O–H groups in total. The molecule has 0 aliphatic heterocycles. The molecule has 3 heterocycles. The molecule has 0 spiro atoms. The van der Waals surface area contributed by atoms with Crippen molar-refractivity contribution in [2.75, 3.05) is 0 Å². The Labute approximate surface area is 298 Å². The molecule has 0 amide bonds. The quantitative estimate of drug-likeness (QED) is 0.188. The average Bonchev–Trinajstić information content (AvgIpc) is 3.78. The largest absolute Gasteiger partial charge is 0.456 e. The second-order valence-corrected chi connectivity index (χ2v) is 13.2. The molecule has 0 saturated carbocycles. The monoisotopic (exact) mass is 664 g/mol. The summed E-state index contributed by atoms with van der Waals surface area (Å²) in [5, 5.41) is 9.48. The van der Waals surface area contributed by atoms with Crippen molar-refractivity contribution in [3.8, 4) is 39.9 Å². The van der Waals surface area contributed by atoms with E-state index >= 15 is 0 Å². The Morgan fingerprint density at radius 1 is 0.365 bits per heavy atom. The van der Waals surface area contributed by atoms with Gasteiger partial charge < -0.3 is 8.98 Å². The number of furan rings is 1. The normalized spacial score (nSPS) is 11.8. The number of rotatable bonds is 4. The van der Waals surface area contributed by atoms with E-state index in [0.717, 1.165) is 55.3 Å². The minimum absolute atomic E-state index is 0.627. The van der Waals surface area contributed by atoms with Crippen LogP contribution in [-0.2, 0) is 0 Å². The lowest BCUT2D eigenvalue weighted by molar-refractivity contribution is 0.669. The van der Waals surface area contributed by atoms with Crippen LogP contribution < -0.4 is 0 Å². The van der Waals surface area contributed by atoms with Crippen molar-refractivity contribution in [1.82, 2.24) is 19.5 Å². The highest BCUT2D eigenvalue weighted by Gasteiger charge is 2.22. The smallest absolute Gasteiger partial charge is 0.164 e. The third-order valence-corrected chi connectivity index (χ3v) is 10.2. The summed E-state index contributed by atoms with van der Waals surface area (Å²) >= 11 is 0. The first-order chi connectivity index (χ1) is 25.8. The lowest BCUT2D eigenvalue weighted by Crippen LogP contribution is -2.00. The van der Waals surface area contributed by atoms with Gasteiger partial charge in [0.1, 0.15) is 11.2 Å². The van der Waals surface area contributed by atoms with Crippen molar-refractivity contribution in [1.29, 1.82) is 0 Å². The highest BCUT2D eigenvalue weighted by Crippen LogP contribution is 2.44. The SMILES string of the molecule is c1ccc(-c2nc(-c3ccccc3)nc(-c3ccc(-n4c5ccc6ccccc6c5c5ccc6oc7ccc8ccccc8c7c6c54)cc3)n2)cc1. The summed E-state index contributed by atoms with van der Waals surface area (Å²) in [5.74, 6) is 1.91. The van der Waals surface area contributed by atoms with Crippen LogP contribution in [0.3, 0.4) is 0 Å². The molecule has 0 radical (unpaired) electrons. The van der Waals surface area contributed by atoms with E-state index in [1.807, 2.05) is 60.7 Å². The second kappa shape index (κ2) is 11.2. The number of nitrogens with zero attached hydrogens (tertiary/aromatic N) is 4. The first kappa shape index (κ1) is 28.7. The van der Waals surface area contributed by atoms with Gasteiger partial charge in [0.2, 0.25) is 0 Å². The van der Waals surface area contributed by atoms with Crippen molar-refractivity contribution >= 4 is 65.3 Å². The predicted octanol–water partition coefficient (Wildman–Crippen LogP) is 12.2. The van der Waals surface area contributed by atoms with Crippen LogP contribution in [0.15, 0.2) is 174 Å². The van der Waals surface area contributed by atoms with Crippen LogP contribution in [0.4, 0.5) is 0 Å². The van der Waals surface area contributed by atoms with Crippen LogP contribution >= 0.6 is 0 Å². The topological polar surface area (TPSA) is 56.7 Å².